The number of hydrogen-bond donors (Lipinski definition) is 2. The van der Waals surface area contributed by atoms with E-state index in [1.165, 1.54) is 0 Å². The Balaban J connectivity index is 2.37. The first-order chi connectivity index (χ1) is 8.99. The first kappa shape index (κ1) is 15.3. The van der Waals surface area contributed by atoms with Gasteiger partial charge in [-0.05, 0) is 30.8 Å². The summed E-state index contributed by atoms with van der Waals surface area (Å²) in [5.74, 6) is -0.854. The molecule has 106 valence electrons. The molecular formula is C14H21NO4. The summed E-state index contributed by atoms with van der Waals surface area (Å²) in [7, 11) is 0. The second-order valence-electron chi connectivity index (χ2n) is 5.00. The Hall–Kier alpha value is -1.78. The number of aliphatic carboxylic acids is 1. The Morgan fingerprint density at radius 2 is 2.16 bits per heavy atom. The Morgan fingerprint density at radius 1 is 1.42 bits per heavy atom. The molecule has 0 aromatic heterocycles. The van der Waals surface area contributed by atoms with Gasteiger partial charge < -0.3 is 15.2 Å². The van der Waals surface area contributed by atoms with Crippen LogP contribution < -0.4 is 5.32 Å². The summed E-state index contributed by atoms with van der Waals surface area (Å²) < 4.78 is 5.01. The highest BCUT2D eigenvalue weighted by atomic mass is 16.5. The molecule has 1 atom stereocenters. The van der Waals surface area contributed by atoms with Gasteiger partial charge in [0, 0.05) is 0 Å². The maximum Gasteiger partial charge on any atom is 0.408 e. The number of nitrogens with one attached hydrogen (secondary N) is 1. The number of carbonyl (C=O) groups excluding carboxylic acids is 1. The van der Waals surface area contributed by atoms with Crippen molar-refractivity contribution < 1.29 is 19.4 Å². The highest BCUT2D eigenvalue weighted by Crippen LogP contribution is 2.10. The normalized spacial score (nSPS) is 15.8. The number of carbonyl (C=O) groups is 2. The average Bonchev–Trinajstić information content (AvgIpc) is 2.36. The molecule has 2 N–H and O–H groups in total. The quantitative estimate of drug-likeness (QED) is 0.775. The van der Waals surface area contributed by atoms with E-state index in [1.807, 2.05) is 32.1 Å². The molecule has 1 amide bonds. The second-order valence-corrected chi connectivity index (χ2v) is 5.00. The van der Waals surface area contributed by atoms with Crippen LogP contribution in [-0.2, 0) is 9.53 Å². The largest absolute Gasteiger partial charge is 0.480 e. The summed E-state index contributed by atoms with van der Waals surface area (Å²) in [5, 5.41) is 11.4. The molecule has 19 heavy (non-hydrogen) atoms. The van der Waals surface area contributed by atoms with Crippen molar-refractivity contribution in [3.8, 4) is 0 Å². The van der Waals surface area contributed by atoms with Gasteiger partial charge in [0.15, 0.2) is 0 Å². The number of alkyl carbamates (subject to hydrolysis) is 1. The fourth-order valence-corrected chi connectivity index (χ4v) is 1.80. The molecule has 0 aliphatic heterocycles. The third-order valence-electron chi connectivity index (χ3n) is 2.74. The Kier molecular flexibility index (Phi) is 6.12. The van der Waals surface area contributed by atoms with Crippen LogP contribution in [0.15, 0.2) is 23.8 Å². The first-order valence-corrected chi connectivity index (χ1v) is 6.50. The molecule has 0 spiro atoms. The fourth-order valence-electron chi connectivity index (χ4n) is 1.80. The Bertz CT molecular complexity index is 385. The zero-order chi connectivity index (χ0) is 14.3. The lowest BCUT2D eigenvalue weighted by Gasteiger charge is -2.16. The number of amides is 1. The standard InChI is InChI=1S/C14H21NO4/c1-10(2)8-12(13(16)17)15-14(18)19-9-11-6-4-3-5-7-11/h4,6-7,10,12H,3,5,8-9H2,1-2H3,(H,15,18)(H,16,17). The van der Waals surface area contributed by atoms with Gasteiger partial charge in [-0.1, -0.05) is 32.1 Å². The van der Waals surface area contributed by atoms with Crippen molar-refractivity contribution in [2.24, 2.45) is 5.92 Å². The van der Waals surface area contributed by atoms with E-state index in [-0.39, 0.29) is 12.5 Å². The van der Waals surface area contributed by atoms with E-state index in [0.29, 0.717) is 6.42 Å². The molecule has 0 bridgehead atoms. The van der Waals surface area contributed by atoms with Crippen LogP contribution >= 0.6 is 0 Å². The third-order valence-corrected chi connectivity index (χ3v) is 2.74. The summed E-state index contributed by atoms with van der Waals surface area (Å²) >= 11 is 0. The highest BCUT2D eigenvalue weighted by Gasteiger charge is 2.21. The van der Waals surface area contributed by atoms with Gasteiger partial charge in [0.05, 0.1) is 0 Å². The maximum atomic E-state index is 11.5. The van der Waals surface area contributed by atoms with E-state index < -0.39 is 18.1 Å². The Labute approximate surface area is 113 Å². The van der Waals surface area contributed by atoms with E-state index in [4.69, 9.17) is 9.84 Å². The lowest BCUT2D eigenvalue weighted by molar-refractivity contribution is -0.139. The summed E-state index contributed by atoms with van der Waals surface area (Å²) in [5.41, 5.74) is 0.942. The highest BCUT2D eigenvalue weighted by molar-refractivity contribution is 5.79. The van der Waals surface area contributed by atoms with E-state index in [0.717, 1.165) is 18.4 Å². The molecule has 0 aromatic carbocycles. The van der Waals surface area contributed by atoms with Crippen molar-refractivity contribution in [3.05, 3.63) is 23.8 Å². The van der Waals surface area contributed by atoms with Crippen molar-refractivity contribution in [3.63, 3.8) is 0 Å². The summed E-state index contributed by atoms with van der Waals surface area (Å²) in [6.07, 6.45) is 7.60. The minimum absolute atomic E-state index is 0.177. The molecular weight excluding hydrogens is 246 g/mol. The number of carboxylic acids is 1. The Morgan fingerprint density at radius 3 is 2.68 bits per heavy atom. The molecule has 1 aliphatic rings. The van der Waals surface area contributed by atoms with E-state index >= 15 is 0 Å². The van der Waals surface area contributed by atoms with E-state index in [1.54, 1.807) is 0 Å². The number of ether oxygens (including phenoxy) is 1. The zero-order valence-electron chi connectivity index (χ0n) is 11.4. The van der Waals surface area contributed by atoms with Gasteiger partial charge >= 0.3 is 12.1 Å². The number of hydrogen-bond acceptors (Lipinski definition) is 3. The van der Waals surface area contributed by atoms with Gasteiger partial charge in [0.2, 0.25) is 0 Å². The lowest BCUT2D eigenvalue weighted by Crippen LogP contribution is -2.42. The molecule has 5 nitrogen and oxygen atoms in total. The molecule has 0 radical (unpaired) electrons. The first-order valence-electron chi connectivity index (χ1n) is 6.50. The van der Waals surface area contributed by atoms with Gasteiger partial charge in [0.25, 0.3) is 0 Å². The maximum absolute atomic E-state index is 11.5. The van der Waals surface area contributed by atoms with Gasteiger partial charge in [-0.3, -0.25) is 0 Å². The molecule has 1 unspecified atom stereocenters. The van der Waals surface area contributed by atoms with Gasteiger partial charge in [-0.25, -0.2) is 9.59 Å². The van der Waals surface area contributed by atoms with Gasteiger partial charge in [-0.2, -0.15) is 0 Å². The van der Waals surface area contributed by atoms with Crippen LogP contribution in [0.1, 0.15) is 33.1 Å². The number of carboxylic acid groups (broad SMARTS) is 1. The number of rotatable bonds is 6. The minimum Gasteiger partial charge on any atom is -0.480 e. The SMILES string of the molecule is CC(C)CC(NC(=O)OCC1=CCCC=C1)C(=O)O. The molecule has 1 aliphatic carbocycles. The molecule has 0 heterocycles. The lowest BCUT2D eigenvalue weighted by atomic mass is 10.0. The van der Waals surface area contributed by atoms with Crippen LogP contribution in [0.25, 0.3) is 0 Å². The monoisotopic (exact) mass is 267 g/mol. The van der Waals surface area contributed by atoms with Crippen LogP contribution in [0, 0.1) is 5.92 Å². The average molecular weight is 267 g/mol. The van der Waals surface area contributed by atoms with Crippen molar-refractivity contribution in [2.45, 2.75) is 39.2 Å². The molecule has 1 rings (SSSR count). The molecule has 0 aromatic rings. The molecule has 0 saturated heterocycles. The molecule has 5 heteroatoms. The van der Waals surface area contributed by atoms with Crippen LogP contribution in [0.5, 0.6) is 0 Å². The predicted molar refractivity (Wildman–Crippen MR) is 71.8 cm³/mol. The van der Waals surface area contributed by atoms with E-state index in [9.17, 15) is 9.59 Å². The fraction of sp³-hybridized carbons (Fsp3) is 0.571. The minimum atomic E-state index is -1.04. The van der Waals surface area contributed by atoms with Gasteiger partial charge in [-0.15, -0.1) is 0 Å². The summed E-state index contributed by atoms with van der Waals surface area (Å²) in [6.45, 7) is 3.98. The van der Waals surface area contributed by atoms with Crippen molar-refractivity contribution in [1.29, 1.82) is 0 Å². The zero-order valence-corrected chi connectivity index (χ0v) is 11.4. The second kappa shape index (κ2) is 7.61. The molecule has 0 fully saturated rings. The smallest absolute Gasteiger partial charge is 0.408 e. The van der Waals surface area contributed by atoms with Crippen LogP contribution in [0.2, 0.25) is 0 Å². The van der Waals surface area contributed by atoms with Crippen LogP contribution in [-0.4, -0.2) is 29.8 Å². The number of allylic oxidation sites excluding steroid dienone is 2. The van der Waals surface area contributed by atoms with E-state index in [2.05, 4.69) is 5.32 Å². The van der Waals surface area contributed by atoms with Crippen LogP contribution in [0.4, 0.5) is 4.79 Å². The van der Waals surface area contributed by atoms with Crippen molar-refractivity contribution in [1.82, 2.24) is 5.32 Å². The topological polar surface area (TPSA) is 75.6 Å². The summed E-state index contributed by atoms with van der Waals surface area (Å²) in [6, 6.07) is -0.900. The predicted octanol–water partition coefficient (Wildman–Crippen LogP) is 2.49. The van der Waals surface area contributed by atoms with Crippen LogP contribution in [0.3, 0.4) is 0 Å². The summed E-state index contributed by atoms with van der Waals surface area (Å²) in [4.78, 5) is 22.5. The van der Waals surface area contributed by atoms with Crippen molar-refractivity contribution in [2.75, 3.05) is 6.61 Å². The third kappa shape index (κ3) is 6.08. The van der Waals surface area contributed by atoms with Crippen molar-refractivity contribution >= 4 is 12.1 Å². The molecule has 0 saturated carbocycles. The van der Waals surface area contributed by atoms with Gasteiger partial charge in [0.1, 0.15) is 12.6 Å².